The van der Waals surface area contributed by atoms with E-state index in [9.17, 15) is 9.59 Å². The number of cyclic esters (lactones) is 1. The van der Waals surface area contributed by atoms with Gasteiger partial charge in [-0.1, -0.05) is 50.2 Å². The van der Waals surface area contributed by atoms with Gasteiger partial charge in [0.2, 0.25) is 11.9 Å². The molecule has 3 rings (SSSR count). The van der Waals surface area contributed by atoms with Gasteiger partial charge in [-0.05, 0) is 43.0 Å². The first-order valence-electron chi connectivity index (χ1n) is 9.94. The SMILES string of the molecule is CC(C)CCC1(C(=O)NC(=Nc2ccccc2)Nc2ccccc2)CCOC1=O. The van der Waals surface area contributed by atoms with Crippen LogP contribution >= 0.6 is 0 Å². The molecule has 0 radical (unpaired) electrons. The average molecular weight is 393 g/mol. The van der Waals surface area contributed by atoms with Gasteiger partial charge in [0.1, 0.15) is 5.41 Å². The zero-order chi connectivity index (χ0) is 20.7. The van der Waals surface area contributed by atoms with Crippen LogP contribution in [0.2, 0.25) is 0 Å². The van der Waals surface area contributed by atoms with Crippen molar-refractivity contribution in [1.29, 1.82) is 0 Å². The second kappa shape index (κ2) is 9.37. The lowest BCUT2D eigenvalue weighted by molar-refractivity contribution is -0.152. The summed E-state index contributed by atoms with van der Waals surface area (Å²) in [6.07, 6.45) is 1.60. The molecule has 2 N–H and O–H groups in total. The Balaban J connectivity index is 1.86. The molecule has 1 fully saturated rings. The molecule has 6 heteroatoms. The third-order valence-corrected chi connectivity index (χ3v) is 5.00. The number of para-hydroxylation sites is 2. The van der Waals surface area contributed by atoms with Gasteiger partial charge >= 0.3 is 5.97 Å². The quantitative estimate of drug-likeness (QED) is 0.332. The minimum absolute atomic E-state index is 0.265. The first-order chi connectivity index (χ1) is 14.0. The minimum atomic E-state index is -1.17. The summed E-state index contributed by atoms with van der Waals surface area (Å²) in [6, 6.07) is 18.8. The van der Waals surface area contributed by atoms with Gasteiger partial charge in [-0.25, -0.2) is 4.99 Å². The summed E-state index contributed by atoms with van der Waals surface area (Å²) in [5.74, 6) is -0.169. The molecule has 29 heavy (non-hydrogen) atoms. The first-order valence-corrected chi connectivity index (χ1v) is 9.94. The molecule has 2 aromatic carbocycles. The highest BCUT2D eigenvalue weighted by atomic mass is 16.5. The molecule has 0 bridgehead atoms. The Bertz CT molecular complexity index is 865. The standard InChI is InChI=1S/C23H27N3O3/c1-17(2)13-14-23(15-16-29-21(23)28)20(27)26-22(24-18-9-5-3-6-10-18)25-19-11-7-4-8-12-19/h3-12,17H,13-16H2,1-2H3,(H2,24,25,26,27). The molecule has 1 heterocycles. The van der Waals surface area contributed by atoms with Crippen molar-refractivity contribution in [2.45, 2.75) is 33.1 Å². The van der Waals surface area contributed by atoms with Crippen molar-refractivity contribution in [2.24, 2.45) is 16.3 Å². The number of benzene rings is 2. The Morgan fingerprint density at radius 3 is 2.34 bits per heavy atom. The van der Waals surface area contributed by atoms with E-state index in [0.29, 0.717) is 24.4 Å². The van der Waals surface area contributed by atoms with Crippen LogP contribution in [0.5, 0.6) is 0 Å². The van der Waals surface area contributed by atoms with E-state index in [-0.39, 0.29) is 18.5 Å². The summed E-state index contributed by atoms with van der Waals surface area (Å²) in [6.45, 7) is 4.41. The van der Waals surface area contributed by atoms with Crippen LogP contribution in [-0.4, -0.2) is 24.4 Å². The maximum atomic E-state index is 13.2. The number of nitrogens with one attached hydrogen (secondary N) is 2. The largest absolute Gasteiger partial charge is 0.465 e. The smallest absolute Gasteiger partial charge is 0.321 e. The predicted molar refractivity (Wildman–Crippen MR) is 114 cm³/mol. The minimum Gasteiger partial charge on any atom is -0.465 e. The molecule has 0 saturated carbocycles. The molecular weight excluding hydrogens is 366 g/mol. The fourth-order valence-electron chi connectivity index (χ4n) is 3.24. The van der Waals surface area contributed by atoms with E-state index in [4.69, 9.17) is 4.74 Å². The summed E-state index contributed by atoms with van der Waals surface area (Å²) in [7, 11) is 0. The van der Waals surface area contributed by atoms with E-state index in [1.165, 1.54) is 0 Å². The molecule has 0 aromatic heterocycles. The third kappa shape index (κ3) is 5.22. The summed E-state index contributed by atoms with van der Waals surface area (Å²) < 4.78 is 5.18. The lowest BCUT2D eigenvalue weighted by Gasteiger charge is -2.25. The van der Waals surface area contributed by atoms with E-state index in [1.807, 2.05) is 60.7 Å². The zero-order valence-electron chi connectivity index (χ0n) is 16.9. The molecule has 0 spiro atoms. The van der Waals surface area contributed by atoms with Crippen LogP contribution in [-0.2, 0) is 14.3 Å². The number of nitrogens with zero attached hydrogens (tertiary/aromatic N) is 1. The average Bonchev–Trinajstić information content (AvgIpc) is 3.09. The lowest BCUT2D eigenvalue weighted by atomic mass is 9.79. The van der Waals surface area contributed by atoms with Crippen LogP contribution in [0.3, 0.4) is 0 Å². The van der Waals surface area contributed by atoms with Gasteiger partial charge in [-0.15, -0.1) is 0 Å². The van der Waals surface area contributed by atoms with Crippen LogP contribution in [0.4, 0.5) is 11.4 Å². The number of guanidine groups is 1. The third-order valence-electron chi connectivity index (χ3n) is 5.00. The van der Waals surface area contributed by atoms with Crippen molar-refractivity contribution in [3.8, 4) is 0 Å². The summed E-state index contributed by atoms with van der Waals surface area (Å²) >= 11 is 0. The van der Waals surface area contributed by atoms with Crippen molar-refractivity contribution in [2.75, 3.05) is 11.9 Å². The molecule has 6 nitrogen and oxygen atoms in total. The molecule has 1 aliphatic rings. The molecule has 0 aliphatic carbocycles. The molecule has 2 aromatic rings. The van der Waals surface area contributed by atoms with Gasteiger partial charge in [-0.3, -0.25) is 14.9 Å². The Labute approximate surface area is 171 Å². The Morgan fingerprint density at radius 2 is 1.76 bits per heavy atom. The van der Waals surface area contributed by atoms with Crippen LogP contribution in [0.25, 0.3) is 0 Å². The van der Waals surface area contributed by atoms with Gasteiger partial charge in [0, 0.05) is 12.1 Å². The molecule has 1 amide bonds. The predicted octanol–water partition coefficient (Wildman–Crippen LogP) is 4.27. The first kappa shape index (κ1) is 20.6. The fraction of sp³-hybridized carbons (Fsp3) is 0.348. The maximum absolute atomic E-state index is 13.2. The Morgan fingerprint density at radius 1 is 1.10 bits per heavy atom. The molecule has 1 atom stereocenters. The van der Waals surface area contributed by atoms with E-state index in [0.717, 1.165) is 12.1 Å². The number of rotatable bonds is 6. The van der Waals surface area contributed by atoms with Crippen molar-refractivity contribution in [3.05, 3.63) is 60.7 Å². The zero-order valence-corrected chi connectivity index (χ0v) is 16.9. The van der Waals surface area contributed by atoms with Crippen molar-refractivity contribution >= 4 is 29.2 Å². The Hall–Kier alpha value is -3.15. The topological polar surface area (TPSA) is 79.8 Å². The summed E-state index contributed by atoms with van der Waals surface area (Å²) in [5.41, 5.74) is 0.310. The normalized spacial score (nSPS) is 19.1. The van der Waals surface area contributed by atoms with Crippen LogP contribution in [0.1, 0.15) is 33.1 Å². The van der Waals surface area contributed by atoms with E-state index in [2.05, 4.69) is 29.5 Å². The fourth-order valence-corrected chi connectivity index (χ4v) is 3.24. The highest BCUT2D eigenvalue weighted by molar-refractivity contribution is 6.13. The second-order valence-electron chi connectivity index (χ2n) is 7.64. The number of amides is 1. The Kier molecular flexibility index (Phi) is 6.65. The van der Waals surface area contributed by atoms with E-state index < -0.39 is 11.4 Å². The van der Waals surface area contributed by atoms with E-state index >= 15 is 0 Å². The van der Waals surface area contributed by atoms with Crippen molar-refractivity contribution in [1.82, 2.24) is 5.32 Å². The lowest BCUT2D eigenvalue weighted by Crippen LogP contribution is -2.48. The van der Waals surface area contributed by atoms with Gasteiger partial charge in [-0.2, -0.15) is 0 Å². The van der Waals surface area contributed by atoms with Crippen LogP contribution in [0.15, 0.2) is 65.7 Å². The maximum Gasteiger partial charge on any atom is 0.321 e. The highest BCUT2D eigenvalue weighted by Crippen LogP contribution is 2.36. The number of anilines is 1. The number of carbonyl (C=O) groups excluding carboxylic acids is 2. The number of hydrogen-bond donors (Lipinski definition) is 2. The molecular formula is C23H27N3O3. The van der Waals surface area contributed by atoms with Gasteiger partial charge in [0.25, 0.3) is 0 Å². The van der Waals surface area contributed by atoms with Gasteiger partial charge < -0.3 is 10.1 Å². The molecule has 1 saturated heterocycles. The van der Waals surface area contributed by atoms with Crippen LogP contribution < -0.4 is 10.6 Å². The number of ether oxygens (including phenoxy) is 1. The van der Waals surface area contributed by atoms with Crippen LogP contribution in [0, 0.1) is 11.3 Å². The number of hydrogen-bond acceptors (Lipinski definition) is 4. The number of carbonyl (C=O) groups is 2. The van der Waals surface area contributed by atoms with Gasteiger partial charge in [0.15, 0.2) is 0 Å². The number of aliphatic imine (C=N–C) groups is 1. The summed E-state index contributed by atoms with van der Waals surface area (Å²) in [5, 5.41) is 5.99. The summed E-state index contributed by atoms with van der Waals surface area (Å²) in [4.78, 5) is 30.3. The monoisotopic (exact) mass is 393 g/mol. The molecule has 152 valence electrons. The second-order valence-corrected chi connectivity index (χ2v) is 7.64. The van der Waals surface area contributed by atoms with Crippen molar-refractivity contribution in [3.63, 3.8) is 0 Å². The van der Waals surface area contributed by atoms with Crippen molar-refractivity contribution < 1.29 is 14.3 Å². The highest BCUT2D eigenvalue weighted by Gasteiger charge is 2.51. The molecule has 1 unspecified atom stereocenters. The molecule has 1 aliphatic heterocycles. The number of esters is 1. The van der Waals surface area contributed by atoms with Gasteiger partial charge in [0.05, 0.1) is 12.3 Å². The van der Waals surface area contributed by atoms with E-state index in [1.54, 1.807) is 0 Å².